The highest BCUT2D eigenvalue weighted by atomic mass is 15.1. The molecule has 2 atom stereocenters. The van der Waals surface area contributed by atoms with Gasteiger partial charge in [0.15, 0.2) is 0 Å². The first-order chi connectivity index (χ1) is 9.19. The van der Waals surface area contributed by atoms with Gasteiger partial charge in [-0.3, -0.25) is 0 Å². The molecule has 1 saturated heterocycles. The van der Waals surface area contributed by atoms with Crippen molar-refractivity contribution in [3.63, 3.8) is 0 Å². The van der Waals surface area contributed by atoms with E-state index < -0.39 is 0 Å². The molecular weight excluding hydrogens is 232 g/mol. The molecule has 1 heterocycles. The van der Waals surface area contributed by atoms with Crippen LogP contribution in [0, 0.1) is 12.8 Å². The summed E-state index contributed by atoms with van der Waals surface area (Å²) < 4.78 is 0. The zero-order valence-corrected chi connectivity index (χ0v) is 12.4. The van der Waals surface area contributed by atoms with Gasteiger partial charge in [0.25, 0.3) is 0 Å². The van der Waals surface area contributed by atoms with E-state index in [1.807, 2.05) is 0 Å². The molecule has 1 aromatic carbocycles. The van der Waals surface area contributed by atoms with Gasteiger partial charge in [-0.1, -0.05) is 43.2 Å². The Morgan fingerprint density at radius 3 is 2.74 bits per heavy atom. The molecule has 2 N–H and O–H groups in total. The molecule has 1 aliphatic rings. The van der Waals surface area contributed by atoms with Crippen molar-refractivity contribution >= 4 is 0 Å². The number of rotatable bonds is 6. The maximum absolute atomic E-state index is 6.29. The summed E-state index contributed by atoms with van der Waals surface area (Å²) in [5.41, 5.74) is 8.87. The van der Waals surface area contributed by atoms with Crippen molar-refractivity contribution in [1.82, 2.24) is 4.90 Å². The number of hydrogen-bond donors (Lipinski definition) is 1. The SMILES string of the molecule is CCCC1CCN(CCC(N)c2ccc(C)cc2)C1. The first-order valence-electron chi connectivity index (χ1n) is 7.73. The highest BCUT2D eigenvalue weighted by molar-refractivity contribution is 5.23. The molecule has 0 spiro atoms. The van der Waals surface area contributed by atoms with Crippen LogP contribution in [0.1, 0.15) is 49.8 Å². The smallest absolute Gasteiger partial charge is 0.0307 e. The van der Waals surface area contributed by atoms with Gasteiger partial charge in [0.2, 0.25) is 0 Å². The maximum Gasteiger partial charge on any atom is 0.0307 e. The van der Waals surface area contributed by atoms with E-state index in [-0.39, 0.29) is 6.04 Å². The zero-order chi connectivity index (χ0) is 13.7. The molecule has 0 aromatic heterocycles. The van der Waals surface area contributed by atoms with E-state index in [9.17, 15) is 0 Å². The van der Waals surface area contributed by atoms with E-state index in [1.54, 1.807) is 0 Å². The minimum absolute atomic E-state index is 0.186. The number of nitrogens with two attached hydrogens (primary N) is 1. The predicted octanol–water partition coefficient (Wildman–Crippen LogP) is 3.51. The van der Waals surface area contributed by atoms with Crippen LogP contribution in [0.4, 0.5) is 0 Å². The molecule has 2 heteroatoms. The summed E-state index contributed by atoms with van der Waals surface area (Å²) in [7, 11) is 0. The van der Waals surface area contributed by atoms with Crippen LogP contribution in [-0.2, 0) is 0 Å². The zero-order valence-electron chi connectivity index (χ0n) is 12.4. The lowest BCUT2D eigenvalue weighted by atomic mass is 10.0. The van der Waals surface area contributed by atoms with Crippen LogP contribution >= 0.6 is 0 Å². The molecule has 106 valence electrons. The molecule has 1 aromatic rings. The van der Waals surface area contributed by atoms with Crippen molar-refractivity contribution in [3.05, 3.63) is 35.4 Å². The Bertz CT molecular complexity index is 371. The maximum atomic E-state index is 6.29. The van der Waals surface area contributed by atoms with Gasteiger partial charge >= 0.3 is 0 Å². The van der Waals surface area contributed by atoms with Crippen LogP contribution in [0.25, 0.3) is 0 Å². The largest absolute Gasteiger partial charge is 0.324 e. The summed E-state index contributed by atoms with van der Waals surface area (Å²) in [5, 5.41) is 0. The summed E-state index contributed by atoms with van der Waals surface area (Å²) >= 11 is 0. The molecule has 2 unspecified atom stereocenters. The quantitative estimate of drug-likeness (QED) is 0.848. The fourth-order valence-corrected chi connectivity index (χ4v) is 3.06. The van der Waals surface area contributed by atoms with Crippen molar-refractivity contribution in [3.8, 4) is 0 Å². The molecule has 0 aliphatic carbocycles. The van der Waals surface area contributed by atoms with Gasteiger partial charge in [0, 0.05) is 12.6 Å². The van der Waals surface area contributed by atoms with E-state index in [1.165, 1.54) is 43.5 Å². The molecule has 1 aliphatic heterocycles. The first kappa shape index (κ1) is 14.5. The van der Waals surface area contributed by atoms with Crippen LogP contribution in [0.15, 0.2) is 24.3 Å². The number of likely N-dealkylation sites (tertiary alicyclic amines) is 1. The van der Waals surface area contributed by atoms with Crippen LogP contribution < -0.4 is 5.73 Å². The molecule has 0 saturated carbocycles. The number of aryl methyl sites for hydroxylation is 1. The highest BCUT2D eigenvalue weighted by Crippen LogP contribution is 2.22. The summed E-state index contributed by atoms with van der Waals surface area (Å²) in [4.78, 5) is 2.59. The van der Waals surface area contributed by atoms with Gasteiger partial charge in [-0.05, 0) is 50.8 Å². The second kappa shape index (κ2) is 7.06. The van der Waals surface area contributed by atoms with Gasteiger partial charge in [0.05, 0.1) is 0 Å². The molecule has 0 radical (unpaired) electrons. The van der Waals surface area contributed by atoms with E-state index >= 15 is 0 Å². The standard InChI is InChI=1S/C17H28N2/c1-3-4-15-9-11-19(13-15)12-10-17(18)16-7-5-14(2)6-8-16/h5-8,15,17H,3-4,9-13,18H2,1-2H3. The molecule has 2 rings (SSSR count). The Hall–Kier alpha value is -0.860. The highest BCUT2D eigenvalue weighted by Gasteiger charge is 2.21. The fourth-order valence-electron chi connectivity index (χ4n) is 3.06. The summed E-state index contributed by atoms with van der Waals surface area (Å²) in [5.74, 6) is 0.931. The third-order valence-corrected chi connectivity index (χ3v) is 4.33. The third kappa shape index (κ3) is 4.32. The lowest BCUT2D eigenvalue weighted by molar-refractivity contribution is 0.306. The normalized spacial score (nSPS) is 21.7. The second-order valence-corrected chi connectivity index (χ2v) is 6.05. The van der Waals surface area contributed by atoms with Crippen molar-refractivity contribution in [2.24, 2.45) is 11.7 Å². The Labute approximate surface area is 118 Å². The van der Waals surface area contributed by atoms with Crippen LogP contribution in [-0.4, -0.2) is 24.5 Å². The van der Waals surface area contributed by atoms with Crippen molar-refractivity contribution in [2.75, 3.05) is 19.6 Å². The molecule has 0 amide bonds. The minimum Gasteiger partial charge on any atom is -0.324 e. The van der Waals surface area contributed by atoms with E-state index in [2.05, 4.69) is 43.0 Å². The molecule has 2 nitrogen and oxygen atoms in total. The average molecular weight is 260 g/mol. The Morgan fingerprint density at radius 2 is 2.05 bits per heavy atom. The van der Waals surface area contributed by atoms with Crippen molar-refractivity contribution < 1.29 is 0 Å². The van der Waals surface area contributed by atoms with Crippen molar-refractivity contribution in [1.29, 1.82) is 0 Å². The van der Waals surface area contributed by atoms with Crippen LogP contribution in [0.3, 0.4) is 0 Å². The third-order valence-electron chi connectivity index (χ3n) is 4.33. The van der Waals surface area contributed by atoms with Crippen molar-refractivity contribution in [2.45, 2.75) is 45.6 Å². The van der Waals surface area contributed by atoms with Gasteiger partial charge in [0.1, 0.15) is 0 Å². The van der Waals surface area contributed by atoms with Crippen LogP contribution in [0.2, 0.25) is 0 Å². The van der Waals surface area contributed by atoms with Crippen LogP contribution in [0.5, 0.6) is 0 Å². The van der Waals surface area contributed by atoms with Gasteiger partial charge in [-0.2, -0.15) is 0 Å². The average Bonchev–Trinajstić information content (AvgIpc) is 2.85. The monoisotopic (exact) mass is 260 g/mol. The number of benzene rings is 1. The summed E-state index contributed by atoms with van der Waals surface area (Å²) in [6.45, 7) is 8.11. The first-order valence-corrected chi connectivity index (χ1v) is 7.73. The van der Waals surface area contributed by atoms with E-state index in [4.69, 9.17) is 5.73 Å². The summed E-state index contributed by atoms with van der Waals surface area (Å²) in [6, 6.07) is 8.84. The van der Waals surface area contributed by atoms with Gasteiger partial charge in [-0.15, -0.1) is 0 Å². The lowest BCUT2D eigenvalue weighted by Gasteiger charge is -2.19. The van der Waals surface area contributed by atoms with E-state index in [0.29, 0.717) is 0 Å². The molecular formula is C17H28N2. The van der Waals surface area contributed by atoms with Gasteiger partial charge < -0.3 is 10.6 Å². The number of nitrogens with zero attached hydrogens (tertiary/aromatic N) is 1. The Balaban J connectivity index is 1.75. The molecule has 19 heavy (non-hydrogen) atoms. The fraction of sp³-hybridized carbons (Fsp3) is 0.647. The van der Waals surface area contributed by atoms with E-state index in [0.717, 1.165) is 18.9 Å². The number of hydrogen-bond acceptors (Lipinski definition) is 2. The lowest BCUT2D eigenvalue weighted by Crippen LogP contribution is -2.25. The summed E-state index contributed by atoms with van der Waals surface area (Å²) in [6.07, 6.45) is 5.16. The molecule has 0 bridgehead atoms. The Kier molecular flexibility index (Phi) is 5.41. The predicted molar refractivity (Wildman–Crippen MR) is 82.2 cm³/mol. The topological polar surface area (TPSA) is 29.3 Å². The second-order valence-electron chi connectivity index (χ2n) is 6.05. The Morgan fingerprint density at radius 1 is 1.32 bits per heavy atom. The van der Waals surface area contributed by atoms with Gasteiger partial charge in [-0.25, -0.2) is 0 Å². The minimum atomic E-state index is 0.186. The molecule has 1 fully saturated rings.